The van der Waals surface area contributed by atoms with Gasteiger partial charge in [-0.1, -0.05) is 55.5 Å². The second-order valence-corrected chi connectivity index (χ2v) is 6.92. The van der Waals surface area contributed by atoms with E-state index in [1.54, 1.807) is 12.2 Å². The number of hydrogen-bond acceptors (Lipinski definition) is 5. The zero-order valence-corrected chi connectivity index (χ0v) is 16.6. The molecular weight excluding hydrogens is 360 g/mol. The molecule has 1 fully saturated rings. The first-order valence-electron chi connectivity index (χ1n) is 9.98. The summed E-state index contributed by atoms with van der Waals surface area (Å²) in [6, 6.07) is 0. The predicted octanol–water partition coefficient (Wildman–Crippen LogP) is 2.90. The van der Waals surface area contributed by atoms with Gasteiger partial charge in [-0.15, -0.1) is 0 Å². The molecule has 0 bridgehead atoms. The number of aliphatic hydroxyl groups is 3. The van der Waals surface area contributed by atoms with E-state index in [0.717, 1.165) is 12.8 Å². The highest BCUT2D eigenvalue weighted by molar-refractivity contribution is 5.66. The van der Waals surface area contributed by atoms with Crippen LogP contribution >= 0.6 is 0 Å². The summed E-state index contributed by atoms with van der Waals surface area (Å²) in [6.07, 6.45) is 16.0. The van der Waals surface area contributed by atoms with Crippen molar-refractivity contribution in [3.8, 4) is 0 Å². The Bertz CT molecular complexity index is 551. The van der Waals surface area contributed by atoms with Gasteiger partial charge >= 0.3 is 5.97 Å². The van der Waals surface area contributed by atoms with E-state index < -0.39 is 30.4 Å². The maximum absolute atomic E-state index is 10.3. The highest BCUT2D eigenvalue weighted by Crippen LogP contribution is 2.25. The molecule has 0 aliphatic carbocycles. The predicted molar refractivity (Wildman–Crippen MR) is 109 cm³/mol. The fourth-order valence-electron chi connectivity index (χ4n) is 2.82. The third-order valence-electron chi connectivity index (χ3n) is 4.50. The molecule has 1 rings (SSSR count). The third-order valence-corrected chi connectivity index (χ3v) is 4.50. The number of rotatable bonds is 13. The van der Waals surface area contributed by atoms with E-state index in [9.17, 15) is 20.1 Å². The van der Waals surface area contributed by atoms with E-state index in [0.29, 0.717) is 25.7 Å². The molecule has 0 amide bonds. The molecule has 5 atom stereocenters. The number of allylic oxidation sites excluding steroid dienone is 5. The average molecular weight is 395 g/mol. The number of carbonyl (C=O) groups is 1. The molecule has 158 valence electrons. The number of aliphatic hydroxyl groups excluding tert-OH is 3. The quantitative estimate of drug-likeness (QED) is 0.358. The smallest absolute Gasteiger partial charge is 0.303 e. The second kappa shape index (κ2) is 14.3. The number of carboxylic acid groups (broad SMARTS) is 1. The number of ether oxygens (including phenoxy) is 1. The molecule has 0 aromatic rings. The van der Waals surface area contributed by atoms with Crippen LogP contribution in [0.1, 0.15) is 51.9 Å². The molecule has 0 spiro atoms. The van der Waals surface area contributed by atoms with Gasteiger partial charge < -0.3 is 25.2 Å². The normalized spacial score (nSPS) is 25.5. The summed E-state index contributed by atoms with van der Waals surface area (Å²) in [4.78, 5) is 10.3. The van der Waals surface area contributed by atoms with E-state index in [-0.39, 0.29) is 12.5 Å². The minimum atomic E-state index is -0.784. The van der Waals surface area contributed by atoms with Crippen LogP contribution in [0.4, 0.5) is 0 Å². The largest absolute Gasteiger partial charge is 0.481 e. The van der Waals surface area contributed by atoms with Crippen molar-refractivity contribution in [2.45, 2.75) is 82.4 Å². The number of aliphatic carboxylic acids is 1. The molecule has 1 aliphatic heterocycles. The molecule has 6 nitrogen and oxygen atoms in total. The van der Waals surface area contributed by atoms with Gasteiger partial charge in [0.25, 0.3) is 0 Å². The number of carboxylic acids is 1. The summed E-state index contributed by atoms with van der Waals surface area (Å²) in [6.45, 7) is 1.87. The van der Waals surface area contributed by atoms with Gasteiger partial charge in [0.05, 0.1) is 24.4 Å². The molecule has 0 radical (unpaired) electrons. The standard InChI is InChI=1S/C22H34O6/c1-2-18(24)21-16-19(25)20(28-21)15-14-17(23)12-10-8-6-4-3-5-7-9-11-13-22(26)27/h3-4,7-10,14-15,17-21,23-25H,2,5-6,11-13,16H2,1H3,(H,26,27)/b4-3-,9-7-,10-8-,15-14+/t17-,18+,19+,20-,21-/m1/s1. The maximum atomic E-state index is 10.3. The van der Waals surface area contributed by atoms with Crippen LogP contribution < -0.4 is 0 Å². The monoisotopic (exact) mass is 394 g/mol. The second-order valence-electron chi connectivity index (χ2n) is 6.92. The summed E-state index contributed by atoms with van der Waals surface area (Å²) in [5.41, 5.74) is 0. The average Bonchev–Trinajstić information content (AvgIpc) is 3.04. The van der Waals surface area contributed by atoms with Crippen molar-refractivity contribution in [3.05, 3.63) is 48.6 Å². The van der Waals surface area contributed by atoms with E-state index >= 15 is 0 Å². The number of hydrogen-bond donors (Lipinski definition) is 4. The Kier molecular flexibility index (Phi) is 12.4. The van der Waals surface area contributed by atoms with E-state index in [1.165, 1.54) is 0 Å². The van der Waals surface area contributed by atoms with E-state index in [2.05, 4.69) is 0 Å². The maximum Gasteiger partial charge on any atom is 0.303 e. The Balaban J connectivity index is 2.18. The summed E-state index contributed by atoms with van der Waals surface area (Å²) in [5.74, 6) is -0.784. The van der Waals surface area contributed by atoms with E-state index in [4.69, 9.17) is 9.84 Å². The Morgan fingerprint density at radius 2 is 1.75 bits per heavy atom. The lowest BCUT2D eigenvalue weighted by Gasteiger charge is -2.16. The minimum absolute atomic E-state index is 0.160. The first kappa shape index (κ1) is 24.3. The Morgan fingerprint density at radius 3 is 2.39 bits per heavy atom. The van der Waals surface area contributed by atoms with Crippen LogP contribution in [0.5, 0.6) is 0 Å². The molecule has 1 saturated heterocycles. The highest BCUT2D eigenvalue weighted by atomic mass is 16.5. The fourth-order valence-corrected chi connectivity index (χ4v) is 2.82. The molecule has 4 N–H and O–H groups in total. The molecule has 1 heterocycles. The zero-order chi connectivity index (χ0) is 20.8. The van der Waals surface area contributed by atoms with Crippen molar-refractivity contribution in [2.75, 3.05) is 0 Å². The van der Waals surface area contributed by atoms with Crippen LogP contribution in [0.3, 0.4) is 0 Å². The summed E-state index contributed by atoms with van der Waals surface area (Å²) >= 11 is 0. The summed E-state index contributed by atoms with van der Waals surface area (Å²) in [5, 5.41) is 38.3. The van der Waals surface area contributed by atoms with Crippen LogP contribution in [-0.4, -0.2) is 56.9 Å². The lowest BCUT2D eigenvalue weighted by Crippen LogP contribution is -2.25. The molecular formula is C22H34O6. The highest BCUT2D eigenvalue weighted by Gasteiger charge is 2.35. The molecule has 6 heteroatoms. The van der Waals surface area contributed by atoms with Gasteiger partial charge in [-0.3, -0.25) is 4.79 Å². The van der Waals surface area contributed by atoms with Crippen molar-refractivity contribution >= 4 is 5.97 Å². The summed E-state index contributed by atoms with van der Waals surface area (Å²) in [7, 11) is 0. The Labute approximate surface area is 167 Å². The van der Waals surface area contributed by atoms with Crippen LogP contribution in [0, 0.1) is 0 Å². The molecule has 0 saturated carbocycles. The van der Waals surface area contributed by atoms with Crippen LogP contribution in [-0.2, 0) is 9.53 Å². The Morgan fingerprint density at radius 1 is 1.11 bits per heavy atom. The minimum Gasteiger partial charge on any atom is -0.481 e. The van der Waals surface area contributed by atoms with Gasteiger partial charge in [-0.05, 0) is 32.1 Å². The summed E-state index contributed by atoms with van der Waals surface area (Å²) < 4.78 is 5.63. The van der Waals surface area contributed by atoms with E-state index in [1.807, 2.05) is 43.4 Å². The van der Waals surface area contributed by atoms with Crippen molar-refractivity contribution in [1.82, 2.24) is 0 Å². The van der Waals surface area contributed by atoms with Gasteiger partial charge in [0.1, 0.15) is 6.10 Å². The fraction of sp³-hybridized carbons (Fsp3) is 0.591. The lowest BCUT2D eigenvalue weighted by molar-refractivity contribution is -0.136. The lowest BCUT2D eigenvalue weighted by atomic mass is 10.1. The van der Waals surface area contributed by atoms with Crippen molar-refractivity contribution in [1.29, 1.82) is 0 Å². The molecule has 28 heavy (non-hydrogen) atoms. The zero-order valence-electron chi connectivity index (χ0n) is 16.6. The first-order valence-corrected chi connectivity index (χ1v) is 9.98. The van der Waals surface area contributed by atoms with Gasteiger partial charge in [0, 0.05) is 12.8 Å². The van der Waals surface area contributed by atoms with Crippen LogP contribution in [0.15, 0.2) is 48.6 Å². The van der Waals surface area contributed by atoms with Gasteiger partial charge in [0.2, 0.25) is 0 Å². The Hall–Kier alpha value is -1.73. The van der Waals surface area contributed by atoms with Crippen LogP contribution in [0.25, 0.3) is 0 Å². The van der Waals surface area contributed by atoms with Gasteiger partial charge in [0.15, 0.2) is 0 Å². The van der Waals surface area contributed by atoms with Crippen molar-refractivity contribution < 1.29 is 30.0 Å². The molecule has 0 aromatic heterocycles. The first-order chi connectivity index (χ1) is 13.4. The third kappa shape index (κ3) is 10.6. The van der Waals surface area contributed by atoms with Crippen molar-refractivity contribution in [2.24, 2.45) is 0 Å². The molecule has 1 aliphatic rings. The topological polar surface area (TPSA) is 107 Å². The molecule has 0 unspecified atom stereocenters. The van der Waals surface area contributed by atoms with Crippen molar-refractivity contribution in [3.63, 3.8) is 0 Å². The SMILES string of the molecule is CC[C@H](O)[C@H]1C[C@H](O)[C@@H](/C=C/[C@H](O)C/C=C\C/C=C\C/C=C\CCC(=O)O)O1. The van der Waals surface area contributed by atoms with Gasteiger partial charge in [-0.25, -0.2) is 0 Å². The molecule has 0 aromatic carbocycles. The van der Waals surface area contributed by atoms with Gasteiger partial charge in [-0.2, -0.15) is 0 Å². The van der Waals surface area contributed by atoms with Crippen LogP contribution in [0.2, 0.25) is 0 Å².